The molecule has 5 nitrogen and oxygen atoms in total. The van der Waals surface area contributed by atoms with E-state index in [9.17, 15) is 9.59 Å². The molecular weight excluding hydrogens is 184 g/mol. The summed E-state index contributed by atoms with van der Waals surface area (Å²) in [6, 6.07) is 0. The van der Waals surface area contributed by atoms with Crippen molar-refractivity contribution >= 4 is 11.9 Å². The SMILES string of the molecule is COC(=O)[C@H]1CCCC[C@@H]1C(=O)NN. The third kappa shape index (κ3) is 2.23. The minimum absolute atomic E-state index is 0.264. The Morgan fingerprint density at radius 1 is 1.29 bits per heavy atom. The molecule has 0 aliphatic heterocycles. The second-order valence-electron chi connectivity index (χ2n) is 3.53. The lowest BCUT2D eigenvalue weighted by molar-refractivity contribution is -0.152. The highest BCUT2D eigenvalue weighted by atomic mass is 16.5. The maximum absolute atomic E-state index is 11.4. The number of hydrogen-bond acceptors (Lipinski definition) is 4. The molecule has 2 atom stereocenters. The van der Waals surface area contributed by atoms with Crippen molar-refractivity contribution in [2.24, 2.45) is 17.7 Å². The van der Waals surface area contributed by atoms with E-state index >= 15 is 0 Å². The predicted octanol–water partition coefficient (Wildman–Crippen LogP) is -0.0443. The van der Waals surface area contributed by atoms with Crippen molar-refractivity contribution in [3.8, 4) is 0 Å². The quantitative estimate of drug-likeness (QED) is 0.283. The van der Waals surface area contributed by atoms with Gasteiger partial charge < -0.3 is 4.74 Å². The Balaban J connectivity index is 2.68. The van der Waals surface area contributed by atoms with E-state index in [0.29, 0.717) is 12.8 Å². The molecule has 0 aromatic heterocycles. The third-order valence-electron chi connectivity index (χ3n) is 2.75. The first-order valence-electron chi connectivity index (χ1n) is 4.79. The molecule has 1 saturated carbocycles. The molecule has 0 aromatic rings. The van der Waals surface area contributed by atoms with Crippen molar-refractivity contribution in [1.82, 2.24) is 5.43 Å². The van der Waals surface area contributed by atoms with Crippen LogP contribution >= 0.6 is 0 Å². The number of methoxy groups -OCH3 is 1. The molecule has 0 unspecified atom stereocenters. The lowest BCUT2D eigenvalue weighted by Gasteiger charge is -2.27. The Hall–Kier alpha value is -1.10. The van der Waals surface area contributed by atoms with E-state index < -0.39 is 0 Å². The van der Waals surface area contributed by atoms with Crippen molar-refractivity contribution in [3.05, 3.63) is 0 Å². The number of amides is 1. The summed E-state index contributed by atoms with van der Waals surface area (Å²) in [5, 5.41) is 0. The van der Waals surface area contributed by atoms with Crippen LogP contribution in [-0.2, 0) is 14.3 Å². The number of ether oxygens (including phenoxy) is 1. The fourth-order valence-corrected chi connectivity index (χ4v) is 1.99. The topological polar surface area (TPSA) is 81.4 Å². The van der Waals surface area contributed by atoms with Crippen LogP contribution in [0.5, 0.6) is 0 Å². The zero-order valence-electron chi connectivity index (χ0n) is 8.29. The van der Waals surface area contributed by atoms with E-state index in [0.717, 1.165) is 12.8 Å². The minimum Gasteiger partial charge on any atom is -0.469 e. The van der Waals surface area contributed by atoms with Gasteiger partial charge in [-0.15, -0.1) is 0 Å². The van der Waals surface area contributed by atoms with Crippen LogP contribution in [0.15, 0.2) is 0 Å². The maximum atomic E-state index is 11.4. The highest BCUT2D eigenvalue weighted by Gasteiger charge is 2.35. The molecule has 1 rings (SSSR count). The zero-order valence-corrected chi connectivity index (χ0v) is 8.29. The molecule has 0 heterocycles. The number of esters is 1. The maximum Gasteiger partial charge on any atom is 0.309 e. The molecule has 1 aliphatic rings. The van der Waals surface area contributed by atoms with Crippen molar-refractivity contribution < 1.29 is 14.3 Å². The van der Waals surface area contributed by atoms with Gasteiger partial charge in [0.2, 0.25) is 5.91 Å². The summed E-state index contributed by atoms with van der Waals surface area (Å²) < 4.78 is 4.65. The minimum atomic E-state index is -0.322. The first kappa shape index (κ1) is 11.0. The number of nitrogens with one attached hydrogen (secondary N) is 1. The summed E-state index contributed by atoms with van der Waals surface area (Å²) in [6.07, 6.45) is 3.35. The number of hydrazine groups is 1. The summed E-state index contributed by atoms with van der Waals surface area (Å²) >= 11 is 0. The van der Waals surface area contributed by atoms with Crippen LogP contribution in [0.1, 0.15) is 25.7 Å². The average Bonchev–Trinajstić information content (AvgIpc) is 2.27. The van der Waals surface area contributed by atoms with Crippen LogP contribution in [-0.4, -0.2) is 19.0 Å². The molecule has 1 aliphatic carbocycles. The number of nitrogens with two attached hydrogens (primary N) is 1. The molecule has 1 fully saturated rings. The highest BCUT2D eigenvalue weighted by molar-refractivity contribution is 5.85. The molecule has 80 valence electrons. The summed E-state index contributed by atoms with van der Waals surface area (Å²) in [7, 11) is 1.34. The van der Waals surface area contributed by atoms with Gasteiger partial charge in [0.1, 0.15) is 0 Å². The van der Waals surface area contributed by atoms with Gasteiger partial charge in [-0.25, -0.2) is 5.84 Å². The number of hydrogen-bond donors (Lipinski definition) is 2. The van der Waals surface area contributed by atoms with Crippen LogP contribution in [0.25, 0.3) is 0 Å². The lowest BCUT2D eigenvalue weighted by atomic mass is 9.79. The summed E-state index contributed by atoms with van der Waals surface area (Å²) in [4.78, 5) is 22.7. The fourth-order valence-electron chi connectivity index (χ4n) is 1.99. The molecule has 1 amide bonds. The second kappa shape index (κ2) is 4.95. The molecule has 0 spiro atoms. The van der Waals surface area contributed by atoms with Gasteiger partial charge in [0.05, 0.1) is 18.9 Å². The summed E-state index contributed by atoms with van der Waals surface area (Å²) in [5.41, 5.74) is 2.10. The van der Waals surface area contributed by atoms with Crippen LogP contribution < -0.4 is 11.3 Å². The first-order valence-corrected chi connectivity index (χ1v) is 4.79. The molecule has 0 bridgehead atoms. The Bertz CT molecular complexity index is 206. The van der Waals surface area contributed by atoms with E-state index in [-0.39, 0.29) is 23.7 Å². The smallest absolute Gasteiger partial charge is 0.309 e. The predicted molar refractivity (Wildman–Crippen MR) is 49.8 cm³/mol. The van der Waals surface area contributed by atoms with Crippen LogP contribution in [0.3, 0.4) is 0 Å². The first-order chi connectivity index (χ1) is 6.70. The van der Waals surface area contributed by atoms with Gasteiger partial charge in [-0.05, 0) is 12.8 Å². The number of rotatable bonds is 2. The molecule has 0 aromatic carbocycles. The monoisotopic (exact) mass is 200 g/mol. The van der Waals surface area contributed by atoms with Crippen molar-refractivity contribution in [2.45, 2.75) is 25.7 Å². The lowest BCUT2D eigenvalue weighted by Crippen LogP contribution is -2.42. The summed E-state index contributed by atoms with van der Waals surface area (Å²) in [6.45, 7) is 0. The molecule has 3 N–H and O–H groups in total. The van der Waals surface area contributed by atoms with E-state index in [1.54, 1.807) is 0 Å². The van der Waals surface area contributed by atoms with Crippen molar-refractivity contribution in [2.75, 3.05) is 7.11 Å². The van der Waals surface area contributed by atoms with E-state index in [1.165, 1.54) is 7.11 Å². The molecule has 14 heavy (non-hydrogen) atoms. The van der Waals surface area contributed by atoms with Crippen LogP contribution in [0.2, 0.25) is 0 Å². The van der Waals surface area contributed by atoms with Gasteiger partial charge in [-0.3, -0.25) is 15.0 Å². The van der Waals surface area contributed by atoms with Gasteiger partial charge in [0.25, 0.3) is 0 Å². The van der Waals surface area contributed by atoms with E-state index in [2.05, 4.69) is 10.2 Å². The Kier molecular flexibility index (Phi) is 3.88. The average molecular weight is 200 g/mol. The van der Waals surface area contributed by atoms with Crippen molar-refractivity contribution in [3.63, 3.8) is 0 Å². The number of carbonyl (C=O) groups is 2. The normalized spacial score (nSPS) is 26.7. The van der Waals surface area contributed by atoms with Gasteiger partial charge in [-0.2, -0.15) is 0 Å². The Labute approximate surface area is 82.9 Å². The zero-order chi connectivity index (χ0) is 10.6. The van der Waals surface area contributed by atoms with E-state index in [1.807, 2.05) is 0 Å². The largest absolute Gasteiger partial charge is 0.469 e. The van der Waals surface area contributed by atoms with Gasteiger partial charge in [-0.1, -0.05) is 12.8 Å². The van der Waals surface area contributed by atoms with Crippen LogP contribution in [0.4, 0.5) is 0 Å². The summed E-state index contributed by atoms with van der Waals surface area (Å²) in [5.74, 6) is 3.84. The van der Waals surface area contributed by atoms with Gasteiger partial charge in [0.15, 0.2) is 0 Å². The molecule has 5 heteroatoms. The Morgan fingerprint density at radius 2 is 1.86 bits per heavy atom. The molecular formula is C9H16N2O3. The second-order valence-corrected chi connectivity index (χ2v) is 3.53. The number of carbonyl (C=O) groups excluding carboxylic acids is 2. The standard InChI is InChI=1S/C9H16N2O3/c1-14-9(13)7-5-3-2-4-6(7)8(12)11-10/h6-7H,2-5,10H2,1H3,(H,11,12)/t6-,7-/m0/s1. The molecule has 0 radical (unpaired) electrons. The van der Waals surface area contributed by atoms with Gasteiger partial charge >= 0.3 is 5.97 Å². The van der Waals surface area contributed by atoms with Crippen molar-refractivity contribution in [1.29, 1.82) is 0 Å². The van der Waals surface area contributed by atoms with Gasteiger partial charge in [0, 0.05) is 0 Å². The molecule has 0 saturated heterocycles. The van der Waals surface area contributed by atoms with E-state index in [4.69, 9.17) is 5.84 Å². The highest BCUT2D eigenvalue weighted by Crippen LogP contribution is 2.30. The third-order valence-corrected chi connectivity index (χ3v) is 2.75. The van der Waals surface area contributed by atoms with Crippen LogP contribution in [0, 0.1) is 11.8 Å². The fraction of sp³-hybridized carbons (Fsp3) is 0.778. The Morgan fingerprint density at radius 3 is 2.36 bits per heavy atom.